The van der Waals surface area contributed by atoms with Crippen molar-refractivity contribution in [3.05, 3.63) is 23.8 Å². The topological polar surface area (TPSA) is 64.8 Å². The number of likely N-dealkylation sites (tertiary alicyclic amines) is 1. The zero-order chi connectivity index (χ0) is 17.2. The van der Waals surface area contributed by atoms with Crippen molar-refractivity contribution >= 4 is 5.91 Å². The molecule has 128 valence electrons. The van der Waals surface area contributed by atoms with Crippen molar-refractivity contribution in [2.75, 3.05) is 27.3 Å². The number of nitrogens with two attached hydrogens (primary N) is 1. The van der Waals surface area contributed by atoms with E-state index in [1.54, 1.807) is 14.2 Å². The average molecular weight is 320 g/mol. The van der Waals surface area contributed by atoms with Crippen molar-refractivity contribution in [3.8, 4) is 11.5 Å². The van der Waals surface area contributed by atoms with Crippen molar-refractivity contribution in [3.63, 3.8) is 0 Å². The molecule has 1 aromatic rings. The van der Waals surface area contributed by atoms with Crippen molar-refractivity contribution in [1.29, 1.82) is 0 Å². The Morgan fingerprint density at radius 2 is 1.83 bits per heavy atom. The van der Waals surface area contributed by atoms with Gasteiger partial charge in [-0.3, -0.25) is 4.79 Å². The Labute approximate surface area is 138 Å². The van der Waals surface area contributed by atoms with Crippen LogP contribution in [0.5, 0.6) is 11.5 Å². The Balaban J connectivity index is 2.24. The van der Waals surface area contributed by atoms with Crippen molar-refractivity contribution in [1.82, 2.24) is 4.90 Å². The molecule has 0 radical (unpaired) electrons. The highest BCUT2D eigenvalue weighted by Gasteiger charge is 2.34. The first-order chi connectivity index (χ1) is 10.8. The van der Waals surface area contributed by atoms with Crippen LogP contribution in [0.2, 0.25) is 0 Å². The molecule has 2 rings (SSSR count). The maximum atomic E-state index is 12.6. The lowest BCUT2D eigenvalue weighted by Gasteiger charge is -2.39. The quantitative estimate of drug-likeness (QED) is 0.929. The SMILES string of the molecule is COc1ccc(C2CC(N)CN(C(=O)C(C)(C)C)C2)cc1OC. The van der Waals surface area contributed by atoms with E-state index >= 15 is 0 Å². The number of nitrogens with zero attached hydrogens (tertiary/aromatic N) is 1. The molecule has 0 bridgehead atoms. The van der Waals surface area contributed by atoms with Gasteiger partial charge in [0.15, 0.2) is 11.5 Å². The molecule has 5 nitrogen and oxygen atoms in total. The van der Waals surface area contributed by atoms with Gasteiger partial charge in [-0.25, -0.2) is 0 Å². The molecule has 23 heavy (non-hydrogen) atoms. The van der Waals surface area contributed by atoms with E-state index in [2.05, 4.69) is 0 Å². The Hall–Kier alpha value is -1.75. The standard InChI is InChI=1S/C18H28N2O3/c1-18(2,3)17(21)20-10-13(8-14(19)11-20)12-6-7-15(22-4)16(9-12)23-5/h6-7,9,13-14H,8,10-11,19H2,1-5H3. The van der Waals surface area contributed by atoms with Crippen LogP contribution in [0, 0.1) is 5.41 Å². The minimum absolute atomic E-state index is 0.00635. The number of ether oxygens (including phenoxy) is 2. The molecule has 1 aliphatic heterocycles. The van der Waals surface area contributed by atoms with E-state index < -0.39 is 0 Å². The molecule has 1 aliphatic rings. The number of rotatable bonds is 3. The number of methoxy groups -OCH3 is 2. The Kier molecular flexibility index (Phi) is 5.19. The Morgan fingerprint density at radius 3 is 2.39 bits per heavy atom. The molecular formula is C18H28N2O3. The van der Waals surface area contributed by atoms with E-state index in [1.165, 1.54) is 0 Å². The van der Waals surface area contributed by atoms with E-state index in [-0.39, 0.29) is 23.3 Å². The lowest BCUT2D eigenvalue weighted by Crippen LogP contribution is -2.51. The molecule has 1 amide bonds. The van der Waals surface area contributed by atoms with Gasteiger partial charge in [-0.2, -0.15) is 0 Å². The van der Waals surface area contributed by atoms with E-state index in [0.717, 1.165) is 12.0 Å². The molecule has 2 unspecified atom stereocenters. The smallest absolute Gasteiger partial charge is 0.228 e. The van der Waals surface area contributed by atoms with Gasteiger partial charge in [0.2, 0.25) is 5.91 Å². The monoisotopic (exact) mass is 320 g/mol. The Morgan fingerprint density at radius 1 is 1.17 bits per heavy atom. The molecule has 5 heteroatoms. The molecule has 2 N–H and O–H groups in total. The van der Waals surface area contributed by atoms with Crippen LogP contribution in [-0.4, -0.2) is 44.2 Å². The number of hydrogen-bond acceptors (Lipinski definition) is 4. The van der Waals surface area contributed by atoms with Gasteiger partial charge in [-0.1, -0.05) is 26.8 Å². The minimum atomic E-state index is -0.390. The highest BCUT2D eigenvalue weighted by molar-refractivity contribution is 5.81. The molecule has 0 aromatic heterocycles. The summed E-state index contributed by atoms with van der Waals surface area (Å²) in [7, 11) is 3.25. The van der Waals surface area contributed by atoms with Crippen LogP contribution in [0.4, 0.5) is 0 Å². The van der Waals surface area contributed by atoms with Gasteiger partial charge >= 0.3 is 0 Å². The third-order valence-electron chi connectivity index (χ3n) is 4.29. The summed E-state index contributed by atoms with van der Waals surface area (Å²) in [6.07, 6.45) is 0.864. The fraction of sp³-hybridized carbons (Fsp3) is 0.611. The summed E-state index contributed by atoms with van der Waals surface area (Å²) in [6.45, 7) is 7.15. The number of amides is 1. The number of benzene rings is 1. The second-order valence-electron chi connectivity index (χ2n) is 7.27. The van der Waals surface area contributed by atoms with Crippen LogP contribution in [0.15, 0.2) is 18.2 Å². The molecule has 1 saturated heterocycles. The first-order valence-electron chi connectivity index (χ1n) is 8.03. The first kappa shape index (κ1) is 17.6. The summed E-state index contributed by atoms with van der Waals surface area (Å²) >= 11 is 0. The highest BCUT2D eigenvalue weighted by Crippen LogP contribution is 2.34. The summed E-state index contributed by atoms with van der Waals surface area (Å²) in [4.78, 5) is 14.5. The lowest BCUT2D eigenvalue weighted by atomic mass is 9.86. The Bertz CT molecular complexity index is 566. The van der Waals surface area contributed by atoms with Crippen molar-refractivity contribution < 1.29 is 14.3 Å². The minimum Gasteiger partial charge on any atom is -0.493 e. The van der Waals surface area contributed by atoms with Gasteiger partial charge in [-0.15, -0.1) is 0 Å². The number of carbonyl (C=O) groups excluding carboxylic acids is 1. The maximum Gasteiger partial charge on any atom is 0.228 e. The summed E-state index contributed by atoms with van der Waals surface area (Å²) in [5.41, 5.74) is 6.95. The zero-order valence-corrected chi connectivity index (χ0v) is 14.8. The van der Waals surface area contributed by atoms with Gasteiger partial charge < -0.3 is 20.1 Å². The van der Waals surface area contributed by atoms with Crippen LogP contribution < -0.4 is 15.2 Å². The van der Waals surface area contributed by atoms with E-state index in [0.29, 0.717) is 24.6 Å². The van der Waals surface area contributed by atoms with Gasteiger partial charge in [0.05, 0.1) is 14.2 Å². The largest absolute Gasteiger partial charge is 0.493 e. The van der Waals surface area contributed by atoms with Gasteiger partial charge in [0, 0.05) is 30.5 Å². The third kappa shape index (κ3) is 3.96. The summed E-state index contributed by atoms with van der Waals surface area (Å²) < 4.78 is 10.7. The second kappa shape index (κ2) is 6.79. The summed E-state index contributed by atoms with van der Waals surface area (Å²) in [5.74, 6) is 1.78. The van der Waals surface area contributed by atoms with E-state index in [9.17, 15) is 4.79 Å². The normalized spacial score (nSPS) is 21.9. The molecule has 1 fully saturated rings. The van der Waals surface area contributed by atoms with Crippen molar-refractivity contribution in [2.45, 2.75) is 39.2 Å². The summed E-state index contributed by atoms with van der Waals surface area (Å²) in [5, 5.41) is 0. The zero-order valence-electron chi connectivity index (χ0n) is 14.8. The summed E-state index contributed by atoms with van der Waals surface area (Å²) in [6, 6.07) is 5.92. The van der Waals surface area contributed by atoms with Gasteiger partial charge in [-0.05, 0) is 24.1 Å². The predicted molar refractivity (Wildman–Crippen MR) is 90.9 cm³/mol. The molecule has 0 aliphatic carbocycles. The molecule has 0 saturated carbocycles. The fourth-order valence-electron chi connectivity index (χ4n) is 3.13. The van der Waals surface area contributed by atoms with E-state index in [1.807, 2.05) is 43.9 Å². The molecular weight excluding hydrogens is 292 g/mol. The van der Waals surface area contributed by atoms with E-state index in [4.69, 9.17) is 15.2 Å². The first-order valence-corrected chi connectivity index (χ1v) is 8.03. The second-order valence-corrected chi connectivity index (χ2v) is 7.27. The number of piperidine rings is 1. The fourth-order valence-corrected chi connectivity index (χ4v) is 3.13. The van der Waals surface area contributed by atoms with Crippen LogP contribution in [0.3, 0.4) is 0 Å². The third-order valence-corrected chi connectivity index (χ3v) is 4.29. The number of carbonyl (C=O) groups is 1. The molecule has 2 atom stereocenters. The van der Waals surface area contributed by atoms with Crippen LogP contribution in [0.1, 0.15) is 38.7 Å². The maximum absolute atomic E-state index is 12.6. The lowest BCUT2D eigenvalue weighted by molar-refractivity contribution is -0.141. The number of hydrogen-bond donors (Lipinski definition) is 1. The average Bonchev–Trinajstić information content (AvgIpc) is 2.51. The predicted octanol–water partition coefficient (Wildman–Crippen LogP) is 2.39. The molecule has 1 heterocycles. The molecule has 1 aromatic carbocycles. The van der Waals surface area contributed by atoms with Crippen LogP contribution >= 0.6 is 0 Å². The molecule has 0 spiro atoms. The van der Waals surface area contributed by atoms with Crippen LogP contribution in [0.25, 0.3) is 0 Å². The van der Waals surface area contributed by atoms with Crippen LogP contribution in [-0.2, 0) is 4.79 Å². The van der Waals surface area contributed by atoms with Gasteiger partial charge in [0.25, 0.3) is 0 Å². The van der Waals surface area contributed by atoms with Gasteiger partial charge in [0.1, 0.15) is 0 Å². The van der Waals surface area contributed by atoms with Crippen molar-refractivity contribution in [2.24, 2.45) is 11.1 Å². The highest BCUT2D eigenvalue weighted by atomic mass is 16.5.